The van der Waals surface area contributed by atoms with Gasteiger partial charge in [-0.15, -0.1) is 0 Å². The third-order valence-electron chi connectivity index (χ3n) is 3.55. The number of amides is 1. The zero-order valence-corrected chi connectivity index (χ0v) is 13.1. The molecule has 4 nitrogen and oxygen atoms in total. The average Bonchev–Trinajstić information content (AvgIpc) is 3.13. The molecule has 0 aromatic carbocycles. The van der Waals surface area contributed by atoms with E-state index in [-0.39, 0.29) is 11.9 Å². The predicted molar refractivity (Wildman–Crippen MR) is 81.8 cm³/mol. The average molecular weight is 291 g/mol. The first kappa shape index (κ1) is 14.8. The molecule has 0 saturated carbocycles. The van der Waals surface area contributed by atoms with E-state index < -0.39 is 0 Å². The Bertz CT molecular complexity index is 547. The molecular formula is C15H21N3OS. The Balaban J connectivity index is 2.24. The van der Waals surface area contributed by atoms with Crippen molar-refractivity contribution in [3.8, 4) is 0 Å². The Hall–Kier alpha value is -1.62. The van der Waals surface area contributed by atoms with Gasteiger partial charge in [-0.1, -0.05) is 6.92 Å². The topological polar surface area (TPSA) is 38.1 Å². The minimum atomic E-state index is 0.0601. The standard InChI is InChI=1S/C15H21N3OS/c1-4-12(3)17(10-13-7-9-20-11-13)15(19)14-6-8-16-18(14)5-2/h6-9,11-12H,4-5,10H2,1-3H3/t12-/m1/s1. The fourth-order valence-electron chi connectivity index (χ4n) is 2.14. The number of thiophene rings is 1. The van der Waals surface area contributed by atoms with Crippen molar-refractivity contribution < 1.29 is 4.79 Å². The molecule has 5 heteroatoms. The second-order valence-electron chi connectivity index (χ2n) is 4.85. The molecule has 2 heterocycles. The molecule has 0 bridgehead atoms. The van der Waals surface area contributed by atoms with E-state index in [1.165, 1.54) is 5.56 Å². The van der Waals surface area contributed by atoms with Crippen LogP contribution in [0.25, 0.3) is 0 Å². The largest absolute Gasteiger partial charge is 0.330 e. The molecular weight excluding hydrogens is 270 g/mol. The number of nitrogens with zero attached hydrogens (tertiary/aromatic N) is 3. The minimum Gasteiger partial charge on any atom is -0.330 e. The zero-order chi connectivity index (χ0) is 14.5. The highest BCUT2D eigenvalue weighted by Gasteiger charge is 2.23. The summed E-state index contributed by atoms with van der Waals surface area (Å²) in [6.07, 6.45) is 2.63. The van der Waals surface area contributed by atoms with Gasteiger partial charge in [0.25, 0.3) is 5.91 Å². The third-order valence-corrected chi connectivity index (χ3v) is 4.28. The molecule has 0 saturated heterocycles. The second kappa shape index (κ2) is 6.70. The molecule has 0 radical (unpaired) electrons. The van der Waals surface area contributed by atoms with Crippen molar-refractivity contribution in [2.24, 2.45) is 0 Å². The van der Waals surface area contributed by atoms with Crippen molar-refractivity contribution >= 4 is 17.2 Å². The van der Waals surface area contributed by atoms with Crippen LogP contribution >= 0.6 is 11.3 Å². The Labute approximate surface area is 124 Å². The number of rotatable bonds is 6. The molecule has 0 spiro atoms. The summed E-state index contributed by atoms with van der Waals surface area (Å²) in [5.74, 6) is 0.0601. The molecule has 2 aromatic rings. The Morgan fingerprint density at radius 3 is 2.85 bits per heavy atom. The van der Waals surface area contributed by atoms with Crippen LogP contribution in [0.2, 0.25) is 0 Å². The van der Waals surface area contributed by atoms with E-state index in [0.717, 1.165) is 6.42 Å². The smallest absolute Gasteiger partial charge is 0.272 e. The summed E-state index contributed by atoms with van der Waals surface area (Å²) in [7, 11) is 0. The van der Waals surface area contributed by atoms with Crippen LogP contribution in [0, 0.1) is 0 Å². The molecule has 1 atom stereocenters. The number of hydrogen-bond acceptors (Lipinski definition) is 3. The monoisotopic (exact) mass is 291 g/mol. The van der Waals surface area contributed by atoms with E-state index in [1.807, 2.05) is 17.2 Å². The van der Waals surface area contributed by atoms with Gasteiger partial charge in [0.2, 0.25) is 0 Å². The van der Waals surface area contributed by atoms with E-state index >= 15 is 0 Å². The summed E-state index contributed by atoms with van der Waals surface area (Å²) >= 11 is 1.66. The molecule has 20 heavy (non-hydrogen) atoms. The van der Waals surface area contributed by atoms with Crippen LogP contribution in [-0.2, 0) is 13.1 Å². The molecule has 0 fully saturated rings. The Kier molecular flexibility index (Phi) is 4.95. The van der Waals surface area contributed by atoms with Gasteiger partial charge in [-0.05, 0) is 48.7 Å². The molecule has 0 aliphatic heterocycles. The zero-order valence-electron chi connectivity index (χ0n) is 12.2. The maximum Gasteiger partial charge on any atom is 0.272 e. The first-order valence-electron chi connectivity index (χ1n) is 7.01. The van der Waals surface area contributed by atoms with Gasteiger partial charge in [0.05, 0.1) is 0 Å². The summed E-state index contributed by atoms with van der Waals surface area (Å²) in [6.45, 7) is 7.57. The lowest BCUT2D eigenvalue weighted by Gasteiger charge is -2.28. The molecule has 0 aliphatic carbocycles. The Morgan fingerprint density at radius 1 is 1.45 bits per heavy atom. The van der Waals surface area contributed by atoms with E-state index in [1.54, 1.807) is 28.3 Å². The molecule has 1 amide bonds. The van der Waals surface area contributed by atoms with Crippen molar-refractivity contribution in [3.05, 3.63) is 40.3 Å². The van der Waals surface area contributed by atoms with Crippen LogP contribution < -0.4 is 0 Å². The third kappa shape index (κ3) is 3.10. The fourth-order valence-corrected chi connectivity index (χ4v) is 2.80. The van der Waals surface area contributed by atoms with Crippen LogP contribution in [0.15, 0.2) is 29.1 Å². The second-order valence-corrected chi connectivity index (χ2v) is 5.63. The lowest BCUT2D eigenvalue weighted by atomic mass is 10.1. The molecule has 0 N–H and O–H groups in total. The van der Waals surface area contributed by atoms with Crippen LogP contribution in [-0.4, -0.2) is 26.6 Å². The number of aryl methyl sites for hydroxylation is 1. The molecule has 0 unspecified atom stereocenters. The van der Waals surface area contributed by atoms with Gasteiger partial charge >= 0.3 is 0 Å². The van der Waals surface area contributed by atoms with Gasteiger partial charge in [0.15, 0.2) is 0 Å². The minimum absolute atomic E-state index is 0.0601. The lowest BCUT2D eigenvalue weighted by Crippen LogP contribution is -2.38. The van der Waals surface area contributed by atoms with Crippen LogP contribution in [0.4, 0.5) is 0 Å². The number of aromatic nitrogens is 2. The van der Waals surface area contributed by atoms with E-state index in [0.29, 0.717) is 18.8 Å². The summed E-state index contributed by atoms with van der Waals surface area (Å²) in [5.41, 5.74) is 1.86. The van der Waals surface area contributed by atoms with Crippen LogP contribution in [0.1, 0.15) is 43.2 Å². The van der Waals surface area contributed by atoms with E-state index in [9.17, 15) is 4.79 Å². The van der Waals surface area contributed by atoms with Gasteiger partial charge in [0.1, 0.15) is 5.69 Å². The maximum absolute atomic E-state index is 12.8. The van der Waals surface area contributed by atoms with Crippen LogP contribution in [0.3, 0.4) is 0 Å². The van der Waals surface area contributed by atoms with E-state index in [2.05, 4.69) is 30.4 Å². The Morgan fingerprint density at radius 2 is 2.25 bits per heavy atom. The highest BCUT2D eigenvalue weighted by atomic mass is 32.1. The number of carbonyl (C=O) groups excluding carboxylic acids is 1. The molecule has 108 valence electrons. The van der Waals surface area contributed by atoms with Crippen molar-refractivity contribution in [1.82, 2.24) is 14.7 Å². The SMILES string of the molecule is CC[C@@H](C)N(Cc1ccsc1)C(=O)c1ccnn1CC. The maximum atomic E-state index is 12.8. The van der Waals surface area contributed by atoms with Crippen molar-refractivity contribution in [3.63, 3.8) is 0 Å². The highest BCUT2D eigenvalue weighted by molar-refractivity contribution is 7.07. The number of carbonyl (C=O) groups is 1. The quantitative estimate of drug-likeness (QED) is 0.818. The van der Waals surface area contributed by atoms with Crippen LogP contribution in [0.5, 0.6) is 0 Å². The van der Waals surface area contributed by atoms with Gasteiger partial charge in [-0.2, -0.15) is 16.4 Å². The normalized spacial score (nSPS) is 12.3. The molecule has 0 aliphatic rings. The van der Waals surface area contributed by atoms with Crippen molar-refractivity contribution in [2.45, 2.75) is 46.3 Å². The van der Waals surface area contributed by atoms with Gasteiger partial charge in [-0.25, -0.2) is 0 Å². The highest BCUT2D eigenvalue weighted by Crippen LogP contribution is 2.17. The number of hydrogen-bond donors (Lipinski definition) is 0. The summed E-state index contributed by atoms with van der Waals surface area (Å²) in [5, 5.41) is 8.34. The first-order chi connectivity index (χ1) is 9.67. The van der Waals surface area contributed by atoms with E-state index in [4.69, 9.17) is 0 Å². The molecule has 2 rings (SSSR count). The van der Waals surface area contributed by atoms with Gasteiger partial charge in [0, 0.05) is 25.3 Å². The fraction of sp³-hybridized carbons (Fsp3) is 0.467. The first-order valence-corrected chi connectivity index (χ1v) is 7.95. The summed E-state index contributed by atoms with van der Waals surface area (Å²) in [4.78, 5) is 14.7. The van der Waals surface area contributed by atoms with Crippen molar-refractivity contribution in [1.29, 1.82) is 0 Å². The summed E-state index contributed by atoms with van der Waals surface area (Å²) in [6, 6.07) is 4.09. The predicted octanol–water partition coefficient (Wildman–Crippen LogP) is 3.41. The summed E-state index contributed by atoms with van der Waals surface area (Å²) < 4.78 is 1.76. The lowest BCUT2D eigenvalue weighted by molar-refractivity contribution is 0.0659. The van der Waals surface area contributed by atoms with Gasteiger partial charge in [-0.3, -0.25) is 9.48 Å². The molecule has 2 aromatic heterocycles. The van der Waals surface area contributed by atoms with Crippen molar-refractivity contribution in [2.75, 3.05) is 0 Å². The van der Waals surface area contributed by atoms with Gasteiger partial charge < -0.3 is 4.90 Å².